The van der Waals surface area contributed by atoms with Crippen molar-refractivity contribution in [2.24, 2.45) is 4.99 Å². The van der Waals surface area contributed by atoms with Crippen LogP contribution in [0, 0.1) is 6.92 Å². The Bertz CT molecular complexity index is 762. The second-order valence-corrected chi connectivity index (χ2v) is 6.41. The summed E-state index contributed by atoms with van der Waals surface area (Å²) in [5, 5.41) is 6.67. The highest BCUT2D eigenvalue weighted by atomic mass is 16.5. The van der Waals surface area contributed by atoms with Crippen LogP contribution < -0.4 is 20.1 Å². The van der Waals surface area contributed by atoms with E-state index in [2.05, 4.69) is 39.7 Å². The monoisotopic (exact) mass is 384 g/mol. The molecule has 0 radical (unpaired) electrons. The van der Waals surface area contributed by atoms with Crippen LogP contribution in [0.2, 0.25) is 0 Å². The Labute approximate surface area is 168 Å². The maximum absolute atomic E-state index is 5.65. The molecule has 2 rings (SSSR count). The molecular weight excluding hydrogens is 352 g/mol. The van der Waals surface area contributed by atoms with E-state index in [-0.39, 0.29) is 0 Å². The third-order valence-electron chi connectivity index (χ3n) is 4.15. The van der Waals surface area contributed by atoms with Gasteiger partial charge in [-0.2, -0.15) is 0 Å². The SMILES string of the molecule is CCNC(=NCc1cccc(C)n1)NCCCc1ccc(OC)c(OCC)c1. The Balaban J connectivity index is 1.85. The van der Waals surface area contributed by atoms with Crippen LogP contribution in [0.3, 0.4) is 0 Å². The Kier molecular flexibility index (Phi) is 9.11. The third kappa shape index (κ3) is 7.10. The molecule has 1 heterocycles. The molecule has 0 saturated carbocycles. The van der Waals surface area contributed by atoms with Crippen LogP contribution in [-0.2, 0) is 13.0 Å². The van der Waals surface area contributed by atoms with Crippen molar-refractivity contribution in [3.8, 4) is 11.5 Å². The predicted octanol–water partition coefficient (Wildman–Crippen LogP) is 3.49. The number of rotatable bonds is 10. The fraction of sp³-hybridized carbons (Fsp3) is 0.455. The summed E-state index contributed by atoms with van der Waals surface area (Å²) in [4.78, 5) is 9.12. The highest BCUT2D eigenvalue weighted by molar-refractivity contribution is 5.79. The summed E-state index contributed by atoms with van der Waals surface area (Å²) >= 11 is 0. The van der Waals surface area contributed by atoms with Crippen molar-refractivity contribution in [3.63, 3.8) is 0 Å². The fourth-order valence-electron chi connectivity index (χ4n) is 2.83. The lowest BCUT2D eigenvalue weighted by Gasteiger charge is -2.13. The largest absolute Gasteiger partial charge is 0.493 e. The number of ether oxygens (including phenoxy) is 2. The number of hydrogen-bond acceptors (Lipinski definition) is 4. The Hall–Kier alpha value is -2.76. The highest BCUT2D eigenvalue weighted by Crippen LogP contribution is 2.28. The van der Waals surface area contributed by atoms with E-state index >= 15 is 0 Å². The van der Waals surface area contributed by atoms with Gasteiger partial charge in [-0.1, -0.05) is 12.1 Å². The van der Waals surface area contributed by atoms with Crippen molar-refractivity contribution in [3.05, 3.63) is 53.3 Å². The zero-order chi connectivity index (χ0) is 20.2. The summed E-state index contributed by atoms with van der Waals surface area (Å²) < 4.78 is 11.0. The Morgan fingerprint density at radius 2 is 1.96 bits per heavy atom. The zero-order valence-corrected chi connectivity index (χ0v) is 17.4. The van der Waals surface area contributed by atoms with Gasteiger partial charge in [-0.15, -0.1) is 0 Å². The van der Waals surface area contributed by atoms with Gasteiger partial charge in [-0.05, 0) is 63.4 Å². The van der Waals surface area contributed by atoms with E-state index in [4.69, 9.17) is 9.47 Å². The van der Waals surface area contributed by atoms with Crippen molar-refractivity contribution in [1.82, 2.24) is 15.6 Å². The average molecular weight is 385 g/mol. The number of aryl methyl sites for hydroxylation is 2. The second-order valence-electron chi connectivity index (χ2n) is 6.41. The lowest BCUT2D eigenvalue weighted by atomic mass is 10.1. The molecule has 2 N–H and O–H groups in total. The van der Waals surface area contributed by atoms with E-state index in [0.717, 1.165) is 54.8 Å². The molecule has 6 heteroatoms. The van der Waals surface area contributed by atoms with Gasteiger partial charge in [-0.3, -0.25) is 4.98 Å². The van der Waals surface area contributed by atoms with Gasteiger partial charge in [0.1, 0.15) is 0 Å². The number of nitrogens with one attached hydrogen (secondary N) is 2. The number of methoxy groups -OCH3 is 1. The van der Waals surface area contributed by atoms with E-state index in [0.29, 0.717) is 13.2 Å². The minimum absolute atomic E-state index is 0.563. The summed E-state index contributed by atoms with van der Waals surface area (Å²) in [6.45, 7) is 8.88. The van der Waals surface area contributed by atoms with Crippen LogP contribution in [0.4, 0.5) is 0 Å². The number of nitrogens with zero attached hydrogens (tertiary/aromatic N) is 2. The van der Waals surface area contributed by atoms with Gasteiger partial charge < -0.3 is 20.1 Å². The van der Waals surface area contributed by atoms with Gasteiger partial charge in [0.2, 0.25) is 0 Å². The summed E-state index contributed by atoms with van der Waals surface area (Å²) in [6, 6.07) is 12.1. The first-order valence-electron chi connectivity index (χ1n) is 9.90. The van der Waals surface area contributed by atoms with Gasteiger partial charge in [0.25, 0.3) is 0 Å². The van der Waals surface area contributed by atoms with Crippen molar-refractivity contribution >= 4 is 5.96 Å². The topological polar surface area (TPSA) is 67.8 Å². The van der Waals surface area contributed by atoms with Gasteiger partial charge in [0, 0.05) is 18.8 Å². The molecule has 1 aromatic heterocycles. The minimum Gasteiger partial charge on any atom is -0.493 e. The molecule has 0 atom stereocenters. The van der Waals surface area contributed by atoms with Gasteiger partial charge >= 0.3 is 0 Å². The molecule has 0 aliphatic heterocycles. The normalized spacial score (nSPS) is 11.2. The predicted molar refractivity (Wildman–Crippen MR) is 114 cm³/mol. The third-order valence-corrected chi connectivity index (χ3v) is 4.15. The maximum atomic E-state index is 5.65. The van der Waals surface area contributed by atoms with Crippen LogP contribution in [0.25, 0.3) is 0 Å². The first-order chi connectivity index (χ1) is 13.7. The number of pyridine rings is 1. The summed E-state index contributed by atoms with van der Waals surface area (Å²) in [6.07, 6.45) is 1.95. The number of aromatic nitrogens is 1. The minimum atomic E-state index is 0.563. The van der Waals surface area contributed by atoms with Crippen LogP contribution >= 0.6 is 0 Å². The smallest absolute Gasteiger partial charge is 0.191 e. The standard InChI is InChI=1S/C22H32N4O2/c1-5-23-22(25-16-19-11-7-9-17(3)26-19)24-14-8-10-18-12-13-20(27-4)21(15-18)28-6-2/h7,9,11-13,15H,5-6,8,10,14,16H2,1-4H3,(H2,23,24,25). The molecule has 0 aliphatic carbocycles. The van der Waals surface area contributed by atoms with E-state index in [1.807, 2.05) is 38.1 Å². The Morgan fingerprint density at radius 1 is 1.11 bits per heavy atom. The number of aliphatic imine (C=N–C) groups is 1. The molecule has 0 amide bonds. The first kappa shape index (κ1) is 21.5. The molecule has 1 aromatic carbocycles. The van der Waals surface area contributed by atoms with Crippen molar-refractivity contribution in [1.29, 1.82) is 0 Å². The quantitative estimate of drug-likeness (QED) is 0.373. The molecule has 0 aliphatic rings. The van der Waals surface area contributed by atoms with Crippen LogP contribution in [-0.4, -0.2) is 37.7 Å². The molecule has 0 spiro atoms. The first-order valence-corrected chi connectivity index (χ1v) is 9.90. The lowest BCUT2D eigenvalue weighted by molar-refractivity contribution is 0.310. The second kappa shape index (κ2) is 11.8. The van der Waals surface area contributed by atoms with Gasteiger partial charge in [-0.25, -0.2) is 4.99 Å². The summed E-state index contributed by atoms with van der Waals surface area (Å²) in [5.74, 6) is 2.39. The van der Waals surface area contributed by atoms with E-state index in [1.165, 1.54) is 5.56 Å². The Morgan fingerprint density at radius 3 is 2.68 bits per heavy atom. The molecule has 0 bridgehead atoms. The maximum Gasteiger partial charge on any atom is 0.191 e. The molecule has 2 aromatic rings. The zero-order valence-electron chi connectivity index (χ0n) is 17.4. The number of guanidine groups is 1. The highest BCUT2D eigenvalue weighted by Gasteiger charge is 2.05. The molecule has 152 valence electrons. The molecule has 28 heavy (non-hydrogen) atoms. The average Bonchev–Trinajstić information content (AvgIpc) is 2.70. The number of hydrogen-bond donors (Lipinski definition) is 2. The fourth-order valence-corrected chi connectivity index (χ4v) is 2.83. The van der Waals surface area contributed by atoms with Crippen LogP contribution in [0.1, 0.15) is 37.2 Å². The van der Waals surface area contributed by atoms with Crippen LogP contribution in [0.15, 0.2) is 41.4 Å². The van der Waals surface area contributed by atoms with E-state index < -0.39 is 0 Å². The number of benzene rings is 1. The molecule has 6 nitrogen and oxygen atoms in total. The van der Waals surface area contributed by atoms with E-state index in [1.54, 1.807) is 7.11 Å². The summed E-state index contributed by atoms with van der Waals surface area (Å²) in [5.41, 5.74) is 3.22. The van der Waals surface area contributed by atoms with Crippen LogP contribution in [0.5, 0.6) is 11.5 Å². The van der Waals surface area contributed by atoms with Crippen molar-refractivity contribution in [2.75, 3.05) is 26.8 Å². The van der Waals surface area contributed by atoms with Crippen molar-refractivity contribution in [2.45, 2.75) is 40.2 Å². The molecule has 0 saturated heterocycles. The molecular formula is C22H32N4O2. The molecule has 0 fully saturated rings. The molecule has 0 unspecified atom stereocenters. The van der Waals surface area contributed by atoms with Gasteiger partial charge in [0.15, 0.2) is 17.5 Å². The van der Waals surface area contributed by atoms with E-state index in [9.17, 15) is 0 Å². The van der Waals surface area contributed by atoms with Crippen molar-refractivity contribution < 1.29 is 9.47 Å². The summed E-state index contributed by atoms with van der Waals surface area (Å²) in [7, 11) is 1.66. The van der Waals surface area contributed by atoms with Gasteiger partial charge in [0.05, 0.1) is 26.0 Å². The lowest BCUT2D eigenvalue weighted by Crippen LogP contribution is -2.37.